The standard InChI is InChI=1S/C37H42O7/c1-18(2)24-15-23(14-13-22-11-9-20(5)10-12-22)30(39)27-25(24)16-35(7)17-36(8)28(19(3)4)31(40)26(21(6)38)33(42)37(36,44)34(43)29(35)32(27)41/h9-15,18-19,28,39-40,43-44H,16-17H2,1-8H3/b14-13+/t28?,35-,36-,37+/m1/s1. The fourth-order valence-corrected chi connectivity index (χ4v) is 8.36. The molecule has 0 aromatic heterocycles. The quantitative estimate of drug-likeness (QED) is 0.216. The molecule has 3 aliphatic rings. The Morgan fingerprint density at radius 1 is 1.00 bits per heavy atom. The molecule has 7 nitrogen and oxygen atoms in total. The highest BCUT2D eigenvalue weighted by Gasteiger charge is 2.71. The van der Waals surface area contributed by atoms with Crippen LogP contribution < -0.4 is 0 Å². The van der Waals surface area contributed by atoms with Gasteiger partial charge in [-0.3, -0.25) is 14.4 Å². The highest BCUT2D eigenvalue weighted by atomic mass is 16.3. The first-order valence-corrected chi connectivity index (χ1v) is 15.2. The monoisotopic (exact) mass is 598 g/mol. The third kappa shape index (κ3) is 4.23. The highest BCUT2D eigenvalue weighted by molar-refractivity contribution is 6.25. The van der Waals surface area contributed by atoms with Crippen molar-refractivity contribution in [1.29, 1.82) is 0 Å². The summed E-state index contributed by atoms with van der Waals surface area (Å²) < 4.78 is 0. The Balaban J connectivity index is 1.76. The number of aliphatic hydroxyl groups excluding tert-OH is 2. The van der Waals surface area contributed by atoms with Crippen LogP contribution in [-0.2, 0) is 16.0 Å². The maximum Gasteiger partial charge on any atom is 0.209 e. The van der Waals surface area contributed by atoms with Crippen LogP contribution in [0, 0.1) is 29.6 Å². The maximum absolute atomic E-state index is 14.5. The molecule has 0 radical (unpaired) electrons. The molecule has 2 aromatic rings. The van der Waals surface area contributed by atoms with Gasteiger partial charge in [0.2, 0.25) is 5.78 Å². The van der Waals surface area contributed by atoms with E-state index in [1.165, 1.54) is 0 Å². The topological polar surface area (TPSA) is 132 Å². The number of hydrogen-bond donors (Lipinski definition) is 4. The second-order valence-corrected chi connectivity index (χ2v) is 14.1. The van der Waals surface area contributed by atoms with Crippen LogP contribution in [0.15, 0.2) is 53.0 Å². The Hall–Kier alpha value is -3.97. The van der Waals surface area contributed by atoms with Gasteiger partial charge >= 0.3 is 0 Å². The molecular weight excluding hydrogens is 556 g/mol. The zero-order chi connectivity index (χ0) is 32.7. The zero-order valence-electron chi connectivity index (χ0n) is 26.7. The number of aromatic hydroxyl groups is 1. The second-order valence-electron chi connectivity index (χ2n) is 14.1. The molecule has 44 heavy (non-hydrogen) atoms. The van der Waals surface area contributed by atoms with Crippen molar-refractivity contribution in [2.75, 3.05) is 0 Å². The van der Waals surface area contributed by atoms with Crippen molar-refractivity contribution in [1.82, 2.24) is 0 Å². The largest absolute Gasteiger partial charge is 0.511 e. The smallest absolute Gasteiger partial charge is 0.209 e. The summed E-state index contributed by atoms with van der Waals surface area (Å²) in [5.41, 5.74) is -1.78. The zero-order valence-corrected chi connectivity index (χ0v) is 26.7. The number of aryl methyl sites for hydroxylation is 1. The lowest BCUT2D eigenvalue weighted by Gasteiger charge is -2.59. The molecule has 0 aliphatic heterocycles. The number of benzene rings is 2. The lowest BCUT2D eigenvalue weighted by atomic mass is 9.44. The predicted molar refractivity (Wildman–Crippen MR) is 169 cm³/mol. The summed E-state index contributed by atoms with van der Waals surface area (Å²) in [4.78, 5) is 41.0. The minimum absolute atomic E-state index is 0.00714. The normalized spacial score (nSPS) is 28.6. The Morgan fingerprint density at radius 2 is 1.61 bits per heavy atom. The summed E-state index contributed by atoms with van der Waals surface area (Å²) in [6, 6.07) is 9.77. The molecule has 4 atom stereocenters. The maximum atomic E-state index is 14.5. The summed E-state index contributed by atoms with van der Waals surface area (Å²) in [6.45, 7) is 14.2. The number of carbonyl (C=O) groups is 3. The summed E-state index contributed by atoms with van der Waals surface area (Å²) >= 11 is 0. The minimum Gasteiger partial charge on any atom is -0.511 e. The molecule has 0 saturated carbocycles. The van der Waals surface area contributed by atoms with Gasteiger partial charge in [0.15, 0.2) is 17.2 Å². The molecule has 5 rings (SSSR count). The van der Waals surface area contributed by atoms with Crippen LogP contribution in [0.2, 0.25) is 0 Å². The SMILES string of the molecule is CC(=O)C1=C(O)C(C(C)C)[C@@]2(C)C[C@@]3(C)Cc4c(C(C)C)cc(/C=C/c5ccc(C)cc5)c(O)c4C(=O)C3=C(O)[C@@]2(O)C1=O. The van der Waals surface area contributed by atoms with Gasteiger partial charge in [-0.05, 0) is 61.3 Å². The van der Waals surface area contributed by atoms with E-state index in [-0.39, 0.29) is 41.6 Å². The van der Waals surface area contributed by atoms with Gasteiger partial charge in [0, 0.05) is 27.9 Å². The van der Waals surface area contributed by atoms with E-state index in [0.29, 0.717) is 11.1 Å². The lowest BCUT2D eigenvalue weighted by molar-refractivity contribution is -0.171. The van der Waals surface area contributed by atoms with Crippen LogP contribution in [0.5, 0.6) is 5.75 Å². The van der Waals surface area contributed by atoms with Crippen LogP contribution in [0.25, 0.3) is 12.2 Å². The number of phenols is 1. The summed E-state index contributed by atoms with van der Waals surface area (Å²) in [5.74, 6) is -5.13. The van der Waals surface area contributed by atoms with Crippen LogP contribution in [0.1, 0.15) is 99.0 Å². The highest BCUT2D eigenvalue weighted by Crippen LogP contribution is 2.65. The molecule has 3 aliphatic carbocycles. The van der Waals surface area contributed by atoms with E-state index < -0.39 is 56.8 Å². The van der Waals surface area contributed by atoms with Crippen LogP contribution >= 0.6 is 0 Å². The van der Waals surface area contributed by atoms with Gasteiger partial charge < -0.3 is 20.4 Å². The number of hydrogen-bond acceptors (Lipinski definition) is 7. The lowest BCUT2D eigenvalue weighted by Crippen LogP contribution is -2.67. The van der Waals surface area contributed by atoms with Crippen molar-refractivity contribution in [3.05, 3.63) is 86.4 Å². The molecule has 7 heteroatoms. The Bertz CT molecular complexity index is 1700. The number of phenolic OH excluding ortho intramolecular Hbond substituents is 1. The fourth-order valence-electron chi connectivity index (χ4n) is 8.36. The summed E-state index contributed by atoms with van der Waals surface area (Å²) in [5, 5.41) is 47.1. The number of Topliss-reactive ketones (excluding diaryl/α,β-unsaturated/α-hetero) is 3. The van der Waals surface area contributed by atoms with Crippen LogP contribution in [0.4, 0.5) is 0 Å². The van der Waals surface area contributed by atoms with Crippen molar-refractivity contribution in [3.63, 3.8) is 0 Å². The van der Waals surface area contributed by atoms with E-state index in [4.69, 9.17) is 0 Å². The average Bonchev–Trinajstić information content (AvgIpc) is 2.90. The van der Waals surface area contributed by atoms with E-state index in [9.17, 15) is 34.8 Å². The number of allylic oxidation sites excluding steroid dienone is 2. The summed E-state index contributed by atoms with van der Waals surface area (Å²) in [7, 11) is 0. The van der Waals surface area contributed by atoms with Gasteiger partial charge in [-0.15, -0.1) is 0 Å². The van der Waals surface area contributed by atoms with Crippen LogP contribution in [0.3, 0.4) is 0 Å². The number of ketones is 3. The molecule has 4 N–H and O–H groups in total. The number of rotatable bonds is 5. The Labute approximate surface area is 258 Å². The van der Waals surface area contributed by atoms with Crippen molar-refractivity contribution in [2.24, 2.45) is 22.7 Å². The number of fused-ring (bicyclic) bond motifs is 3. The molecule has 0 amide bonds. The van der Waals surface area contributed by atoms with Crippen molar-refractivity contribution in [2.45, 2.75) is 79.8 Å². The number of aliphatic hydroxyl groups is 3. The molecule has 232 valence electrons. The molecule has 2 aromatic carbocycles. The van der Waals surface area contributed by atoms with E-state index in [1.54, 1.807) is 13.0 Å². The molecule has 0 saturated heterocycles. The second kappa shape index (κ2) is 10.3. The Morgan fingerprint density at radius 3 is 2.16 bits per heavy atom. The third-order valence-corrected chi connectivity index (χ3v) is 10.2. The third-order valence-electron chi connectivity index (χ3n) is 10.2. The molecule has 0 spiro atoms. The van der Waals surface area contributed by atoms with E-state index in [2.05, 4.69) is 0 Å². The van der Waals surface area contributed by atoms with Crippen LogP contribution in [-0.4, -0.2) is 43.4 Å². The Kier molecular flexibility index (Phi) is 7.36. The molecule has 0 heterocycles. The number of carbonyl (C=O) groups excluding carboxylic acids is 3. The average molecular weight is 599 g/mol. The van der Waals surface area contributed by atoms with Crippen molar-refractivity contribution in [3.8, 4) is 5.75 Å². The molecule has 0 bridgehead atoms. The minimum atomic E-state index is -2.63. The van der Waals surface area contributed by atoms with Gasteiger partial charge in [0.1, 0.15) is 22.8 Å². The fraction of sp³-hybridized carbons (Fsp3) is 0.432. The van der Waals surface area contributed by atoms with Crippen molar-refractivity contribution >= 4 is 29.5 Å². The summed E-state index contributed by atoms with van der Waals surface area (Å²) in [6.07, 6.45) is 3.92. The van der Waals surface area contributed by atoms with Gasteiger partial charge in [-0.25, -0.2) is 0 Å². The first-order chi connectivity index (χ1) is 20.4. The van der Waals surface area contributed by atoms with E-state index in [0.717, 1.165) is 23.6 Å². The molecule has 1 unspecified atom stereocenters. The predicted octanol–water partition coefficient (Wildman–Crippen LogP) is 6.95. The van der Waals surface area contributed by atoms with Gasteiger partial charge in [0.05, 0.1) is 5.56 Å². The first kappa shape index (κ1) is 31.5. The molecular formula is C37H42O7. The first-order valence-electron chi connectivity index (χ1n) is 15.2. The van der Waals surface area contributed by atoms with Gasteiger partial charge in [-0.2, -0.15) is 0 Å². The van der Waals surface area contributed by atoms with Crippen molar-refractivity contribution < 1.29 is 34.8 Å². The molecule has 0 fully saturated rings. The van der Waals surface area contributed by atoms with E-state index >= 15 is 0 Å². The van der Waals surface area contributed by atoms with Gasteiger partial charge in [-0.1, -0.05) is 83.5 Å². The van der Waals surface area contributed by atoms with Gasteiger partial charge in [0.25, 0.3) is 0 Å². The van der Waals surface area contributed by atoms with E-state index in [1.807, 2.05) is 78.0 Å².